The molecule has 0 aliphatic heterocycles. The molecule has 0 spiro atoms. The summed E-state index contributed by atoms with van der Waals surface area (Å²) in [5, 5.41) is 13.3. The molecular weight excluding hydrogens is 368 g/mol. The Morgan fingerprint density at radius 3 is 2.52 bits per heavy atom. The summed E-state index contributed by atoms with van der Waals surface area (Å²) in [6.45, 7) is 0. The van der Waals surface area contributed by atoms with Crippen LogP contribution in [-0.4, -0.2) is 21.9 Å². The standard InChI is InChI=1S/C15H17ClN4O4S/c16-11-7-6-10(8-12(11)20(23)24)14(22)18-19-15(25)17-13(21)9-4-2-1-3-5-9/h6-9H,1-5H2,(H,18,22)(H2,17,19,21,25). The van der Waals surface area contributed by atoms with Gasteiger partial charge in [-0.25, -0.2) is 0 Å². The van der Waals surface area contributed by atoms with Gasteiger partial charge in [-0.1, -0.05) is 30.9 Å². The lowest BCUT2D eigenvalue weighted by Gasteiger charge is -2.21. The van der Waals surface area contributed by atoms with Crippen molar-refractivity contribution in [3.63, 3.8) is 0 Å². The summed E-state index contributed by atoms with van der Waals surface area (Å²) < 4.78 is 0. The van der Waals surface area contributed by atoms with E-state index >= 15 is 0 Å². The third-order valence-electron chi connectivity index (χ3n) is 3.91. The maximum Gasteiger partial charge on any atom is 0.288 e. The number of hydrazine groups is 1. The molecule has 0 heterocycles. The summed E-state index contributed by atoms with van der Waals surface area (Å²) in [6.07, 6.45) is 4.83. The molecule has 1 aromatic carbocycles. The van der Waals surface area contributed by atoms with E-state index in [9.17, 15) is 19.7 Å². The Hall–Kier alpha value is -2.26. The topological polar surface area (TPSA) is 113 Å². The molecule has 1 fully saturated rings. The smallest absolute Gasteiger partial charge is 0.288 e. The van der Waals surface area contributed by atoms with E-state index in [0.717, 1.165) is 38.2 Å². The third kappa shape index (κ3) is 5.36. The second-order valence-electron chi connectivity index (χ2n) is 5.66. The highest BCUT2D eigenvalue weighted by atomic mass is 35.5. The van der Waals surface area contributed by atoms with Crippen LogP contribution in [0.2, 0.25) is 5.02 Å². The van der Waals surface area contributed by atoms with Gasteiger partial charge < -0.3 is 5.32 Å². The highest BCUT2D eigenvalue weighted by Crippen LogP contribution is 2.25. The normalized spacial score (nSPS) is 14.4. The number of carbonyl (C=O) groups is 2. The maximum absolute atomic E-state index is 12.0. The Kier molecular flexibility index (Phi) is 6.65. The Bertz CT molecular complexity index is 707. The fourth-order valence-electron chi connectivity index (χ4n) is 2.59. The van der Waals surface area contributed by atoms with E-state index in [1.54, 1.807) is 0 Å². The molecule has 0 atom stereocenters. The van der Waals surface area contributed by atoms with E-state index in [1.807, 2.05) is 0 Å². The maximum atomic E-state index is 12.0. The lowest BCUT2D eigenvalue weighted by Crippen LogP contribution is -2.49. The van der Waals surface area contributed by atoms with Gasteiger partial charge in [-0.15, -0.1) is 0 Å². The van der Waals surface area contributed by atoms with Crippen LogP contribution in [0.5, 0.6) is 0 Å². The number of carbonyl (C=O) groups excluding carboxylic acids is 2. The molecule has 1 aliphatic rings. The average molecular weight is 385 g/mol. The summed E-state index contributed by atoms with van der Waals surface area (Å²) in [6, 6.07) is 3.66. The number of nitro groups is 1. The van der Waals surface area contributed by atoms with Gasteiger partial charge in [-0.05, 0) is 37.2 Å². The molecule has 0 radical (unpaired) electrons. The van der Waals surface area contributed by atoms with E-state index < -0.39 is 10.8 Å². The number of nitrogens with zero attached hydrogens (tertiary/aromatic N) is 1. The molecule has 2 rings (SSSR count). The van der Waals surface area contributed by atoms with Crippen LogP contribution in [0.4, 0.5) is 5.69 Å². The number of nitro benzene ring substituents is 1. The highest BCUT2D eigenvalue weighted by Gasteiger charge is 2.22. The number of rotatable bonds is 3. The molecule has 1 aromatic rings. The van der Waals surface area contributed by atoms with Crippen LogP contribution in [0, 0.1) is 16.0 Å². The minimum absolute atomic E-state index is 0.0324. The highest BCUT2D eigenvalue weighted by molar-refractivity contribution is 7.80. The predicted octanol–water partition coefficient (Wildman–Crippen LogP) is 2.46. The first-order valence-corrected chi connectivity index (χ1v) is 8.52. The van der Waals surface area contributed by atoms with Crippen molar-refractivity contribution >= 4 is 46.4 Å². The SMILES string of the molecule is O=C(NNC(=S)NC(=O)C1CCCCC1)c1ccc(Cl)c([N+](=O)[O-])c1. The van der Waals surface area contributed by atoms with Crippen molar-refractivity contribution in [2.45, 2.75) is 32.1 Å². The molecule has 25 heavy (non-hydrogen) atoms. The first kappa shape index (κ1) is 19.1. The number of hydrogen-bond acceptors (Lipinski definition) is 5. The molecule has 3 N–H and O–H groups in total. The molecule has 2 amide bonds. The summed E-state index contributed by atoms with van der Waals surface area (Å²) in [5.74, 6) is -0.884. The monoisotopic (exact) mass is 384 g/mol. The lowest BCUT2D eigenvalue weighted by atomic mass is 9.89. The number of hydrogen-bond donors (Lipinski definition) is 3. The van der Waals surface area contributed by atoms with E-state index in [-0.39, 0.29) is 33.2 Å². The summed E-state index contributed by atoms with van der Waals surface area (Å²) in [4.78, 5) is 34.2. The van der Waals surface area contributed by atoms with Crippen LogP contribution >= 0.6 is 23.8 Å². The fourth-order valence-corrected chi connectivity index (χ4v) is 2.93. The van der Waals surface area contributed by atoms with Crippen molar-refractivity contribution < 1.29 is 14.5 Å². The zero-order valence-electron chi connectivity index (χ0n) is 13.2. The third-order valence-corrected chi connectivity index (χ3v) is 4.43. The summed E-state index contributed by atoms with van der Waals surface area (Å²) in [5.41, 5.74) is 4.35. The lowest BCUT2D eigenvalue weighted by molar-refractivity contribution is -0.384. The number of amides is 2. The zero-order valence-corrected chi connectivity index (χ0v) is 14.8. The van der Waals surface area contributed by atoms with Crippen molar-refractivity contribution in [2.24, 2.45) is 5.92 Å². The van der Waals surface area contributed by atoms with Gasteiger partial charge in [-0.3, -0.25) is 30.6 Å². The molecule has 0 bridgehead atoms. The van der Waals surface area contributed by atoms with Gasteiger partial charge in [0.05, 0.1) is 4.92 Å². The molecule has 8 nitrogen and oxygen atoms in total. The van der Waals surface area contributed by atoms with Crippen LogP contribution in [-0.2, 0) is 4.79 Å². The number of thiocarbonyl (C=S) groups is 1. The van der Waals surface area contributed by atoms with Gasteiger partial charge in [0, 0.05) is 17.5 Å². The largest absolute Gasteiger partial charge is 0.302 e. The first-order valence-electron chi connectivity index (χ1n) is 7.73. The van der Waals surface area contributed by atoms with Crippen LogP contribution in [0.15, 0.2) is 18.2 Å². The van der Waals surface area contributed by atoms with E-state index in [1.165, 1.54) is 12.1 Å². The Balaban J connectivity index is 1.86. The summed E-state index contributed by atoms with van der Waals surface area (Å²) in [7, 11) is 0. The Morgan fingerprint density at radius 1 is 1.20 bits per heavy atom. The minimum Gasteiger partial charge on any atom is -0.302 e. The quantitative estimate of drug-likeness (QED) is 0.419. The molecule has 0 unspecified atom stereocenters. The second kappa shape index (κ2) is 8.72. The molecule has 0 aromatic heterocycles. The van der Waals surface area contributed by atoms with Gasteiger partial charge in [0.2, 0.25) is 5.91 Å². The van der Waals surface area contributed by atoms with Gasteiger partial charge in [0.15, 0.2) is 5.11 Å². The van der Waals surface area contributed by atoms with Gasteiger partial charge >= 0.3 is 0 Å². The predicted molar refractivity (Wildman–Crippen MR) is 96.0 cm³/mol. The summed E-state index contributed by atoms with van der Waals surface area (Å²) >= 11 is 10.7. The van der Waals surface area contributed by atoms with E-state index in [0.29, 0.717) is 0 Å². The second-order valence-corrected chi connectivity index (χ2v) is 6.47. The first-order chi connectivity index (χ1) is 11.9. The van der Waals surface area contributed by atoms with E-state index in [2.05, 4.69) is 16.2 Å². The fraction of sp³-hybridized carbons (Fsp3) is 0.400. The average Bonchev–Trinajstić information content (AvgIpc) is 2.60. The van der Waals surface area contributed by atoms with Crippen molar-refractivity contribution in [3.8, 4) is 0 Å². The van der Waals surface area contributed by atoms with Crippen LogP contribution < -0.4 is 16.2 Å². The van der Waals surface area contributed by atoms with Crippen LogP contribution in [0.3, 0.4) is 0 Å². The van der Waals surface area contributed by atoms with Crippen LogP contribution in [0.1, 0.15) is 42.5 Å². The molecule has 0 saturated heterocycles. The number of benzene rings is 1. The van der Waals surface area contributed by atoms with Gasteiger partial charge in [-0.2, -0.15) is 0 Å². The zero-order chi connectivity index (χ0) is 18.4. The van der Waals surface area contributed by atoms with Crippen LogP contribution in [0.25, 0.3) is 0 Å². The molecule has 134 valence electrons. The Morgan fingerprint density at radius 2 is 1.88 bits per heavy atom. The minimum atomic E-state index is -0.679. The van der Waals surface area contributed by atoms with Crippen molar-refractivity contribution in [1.82, 2.24) is 16.2 Å². The van der Waals surface area contributed by atoms with Crippen molar-refractivity contribution in [3.05, 3.63) is 38.9 Å². The molecule has 1 aliphatic carbocycles. The number of halogens is 1. The van der Waals surface area contributed by atoms with Gasteiger partial charge in [0.25, 0.3) is 11.6 Å². The molecular formula is C15H17ClN4O4S. The van der Waals surface area contributed by atoms with Gasteiger partial charge in [0.1, 0.15) is 5.02 Å². The van der Waals surface area contributed by atoms with E-state index in [4.69, 9.17) is 23.8 Å². The van der Waals surface area contributed by atoms with Crippen molar-refractivity contribution in [1.29, 1.82) is 0 Å². The Labute approximate surface area is 154 Å². The van der Waals surface area contributed by atoms with Crippen molar-refractivity contribution in [2.75, 3.05) is 0 Å². The number of nitrogens with one attached hydrogen (secondary N) is 3. The molecule has 10 heteroatoms. The molecule has 1 saturated carbocycles.